The van der Waals surface area contributed by atoms with Crippen molar-refractivity contribution in [1.29, 1.82) is 0 Å². The molecule has 0 saturated carbocycles. The normalized spacial score (nSPS) is 17.8. The van der Waals surface area contributed by atoms with Gasteiger partial charge in [-0.05, 0) is 24.8 Å². The molecule has 10 heavy (non-hydrogen) atoms. The molecule has 0 fully saturated rings. The van der Waals surface area contributed by atoms with E-state index in [1.165, 1.54) is 17.7 Å². The number of rotatable bonds is 2. The van der Waals surface area contributed by atoms with Crippen LogP contribution in [0, 0.1) is 0 Å². The molecule has 0 atom stereocenters. The smallest absolute Gasteiger partial charge is 0.0724 e. The molecular formula is C7H11NS2. The Hall–Kier alpha value is -0.0200. The molecular weight excluding hydrogens is 162 g/mol. The molecule has 0 radical (unpaired) electrons. The summed E-state index contributed by atoms with van der Waals surface area (Å²) in [7, 11) is 1.94. The highest BCUT2D eigenvalue weighted by atomic mass is 32.1. The van der Waals surface area contributed by atoms with Crippen LogP contribution < -0.4 is 5.32 Å². The average Bonchev–Trinajstić information content (AvgIpc) is 2.33. The number of thiol groups is 1. The standard InChI is InChI=1S/C7H11NS2/c1-8-6-4-2-3-5(6)7(9)10/h8H,2-4H2,1H3,(H,9,10). The van der Waals surface area contributed by atoms with Gasteiger partial charge in [0.1, 0.15) is 0 Å². The van der Waals surface area contributed by atoms with E-state index in [2.05, 4.69) is 17.9 Å². The van der Waals surface area contributed by atoms with Gasteiger partial charge in [-0.25, -0.2) is 0 Å². The van der Waals surface area contributed by atoms with Gasteiger partial charge in [0, 0.05) is 12.7 Å². The SMILES string of the molecule is CNC1=C(C(=S)S)CCC1. The Morgan fingerprint density at radius 3 is 2.70 bits per heavy atom. The monoisotopic (exact) mass is 173 g/mol. The van der Waals surface area contributed by atoms with Gasteiger partial charge in [0.25, 0.3) is 0 Å². The van der Waals surface area contributed by atoms with Gasteiger partial charge in [-0.3, -0.25) is 0 Å². The Labute approximate surface area is 72.3 Å². The third kappa shape index (κ3) is 1.52. The van der Waals surface area contributed by atoms with Crippen LogP contribution in [-0.2, 0) is 0 Å². The first kappa shape index (κ1) is 8.08. The van der Waals surface area contributed by atoms with Crippen molar-refractivity contribution in [2.24, 2.45) is 0 Å². The van der Waals surface area contributed by atoms with Crippen molar-refractivity contribution in [3.8, 4) is 0 Å². The maximum Gasteiger partial charge on any atom is 0.0724 e. The van der Waals surface area contributed by atoms with E-state index >= 15 is 0 Å². The van der Waals surface area contributed by atoms with Crippen LogP contribution in [-0.4, -0.2) is 11.2 Å². The van der Waals surface area contributed by atoms with Crippen molar-refractivity contribution < 1.29 is 0 Å². The number of hydrogen-bond donors (Lipinski definition) is 2. The van der Waals surface area contributed by atoms with Crippen LogP contribution in [0.1, 0.15) is 19.3 Å². The molecule has 0 amide bonds. The molecule has 56 valence electrons. The molecule has 3 heteroatoms. The zero-order chi connectivity index (χ0) is 7.56. The Balaban J connectivity index is 2.78. The molecule has 1 aliphatic rings. The van der Waals surface area contributed by atoms with E-state index in [-0.39, 0.29) is 0 Å². The summed E-state index contributed by atoms with van der Waals surface area (Å²) in [5.74, 6) is 0. The predicted molar refractivity (Wildman–Crippen MR) is 51.5 cm³/mol. The van der Waals surface area contributed by atoms with E-state index in [1.54, 1.807) is 0 Å². The molecule has 0 saturated heterocycles. The molecule has 0 bridgehead atoms. The van der Waals surface area contributed by atoms with E-state index in [4.69, 9.17) is 12.2 Å². The van der Waals surface area contributed by atoms with Gasteiger partial charge in [0.05, 0.1) is 4.20 Å². The number of hydrogen-bond acceptors (Lipinski definition) is 2. The van der Waals surface area contributed by atoms with Gasteiger partial charge in [0.2, 0.25) is 0 Å². The average molecular weight is 173 g/mol. The van der Waals surface area contributed by atoms with E-state index in [1.807, 2.05) is 7.05 Å². The highest BCUT2D eigenvalue weighted by Crippen LogP contribution is 2.25. The summed E-state index contributed by atoms with van der Waals surface area (Å²) in [4.78, 5) is 0. The Morgan fingerprint density at radius 1 is 1.60 bits per heavy atom. The molecule has 0 aromatic heterocycles. The Kier molecular flexibility index (Phi) is 2.74. The van der Waals surface area contributed by atoms with Crippen molar-refractivity contribution in [3.63, 3.8) is 0 Å². The molecule has 0 aromatic carbocycles. The van der Waals surface area contributed by atoms with Crippen LogP contribution in [0.4, 0.5) is 0 Å². The fourth-order valence-electron chi connectivity index (χ4n) is 1.26. The zero-order valence-electron chi connectivity index (χ0n) is 5.98. The topological polar surface area (TPSA) is 12.0 Å². The molecule has 1 aliphatic carbocycles. The number of nitrogens with one attached hydrogen (secondary N) is 1. The van der Waals surface area contributed by atoms with Crippen molar-refractivity contribution in [2.45, 2.75) is 19.3 Å². The lowest BCUT2D eigenvalue weighted by Gasteiger charge is -2.02. The van der Waals surface area contributed by atoms with E-state index in [0.717, 1.165) is 17.0 Å². The lowest BCUT2D eigenvalue weighted by molar-refractivity contribution is 0.846. The van der Waals surface area contributed by atoms with Crippen molar-refractivity contribution in [1.82, 2.24) is 5.32 Å². The summed E-state index contributed by atoms with van der Waals surface area (Å²) < 4.78 is 0.752. The van der Waals surface area contributed by atoms with Gasteiger partial charge in [-0.2, -0.15) is 0 Å². The molecule has 1 rings (SSSR count). The third-order valence-corrected chi connectivity index (χ3v) is 2.29. The van der Waals surface area contributed by atoms with Crippen LogP contribution in [0.15, 0.2) is 11.3 Å². The summed E-state index contributed by atoms with van der Waals surface area (Å²) in [6, 6.07) is 0. The summed E-state index contributed by atoms with van der Waals surface area (Å²) in [6.45, 7) is 0. The lowest BCUT2D eigenvalue weighted by Crippen LogP contribution is -2.06. The minimum Gasteiger partial charge on any atom is -0.391 e. The molecule has 0 spiro atoms. The third-order valence-electron chi connectivity index (χ3n) is 1.78. The summed E-state index contributed by atoms with van der Waals surface area (Å²) in [5, 5.41) is 3.14. The lowest BCUT2D eigenvalue weighted by atomic mass is 10.2. The molecule has 1 N–H and O–H groups in total. The first-order valence-electron chi connectivity index (χ1n) is 3.38. The maximum absolute atomic E-state index is 4.96. The molecule has 1 nitrogen and oxygen atoms in total. The minimum atomic E-state index is 0.752. The second kappa shape index (κ2) is 3.39. The van der Waals surface area contributed by atoms with E-state index in [9.17, 15) is 0 Å². The summed E-state index contributed by atoms with van der Waals surface area (Å²) >= 11 is 9.11. The van der Waals surface area contributed by atoms with Crippen LogP contribution in [0.3, 0.4) is 0 Å². The maximum atomic E-state index is 4.96. The summed E-state index contributed by atoms with van der Waals surface area (Å²) in [5.41, 5.74) is 2.51. The van der Waals surface area contributed by atoms with Gasteiger partial charge in [0.15, 0.2) is 0 Å². The van der Waals surface area contributed by atoms with Crippen molar-refractivity contribution in [2.75, 3.05) is 7.05 Å². The van der Waals surface area contributed by atoms with Gasteiger partial charge >= 0.3 is 0 Å². The number of thiocarbonyl (C=S) groups is 1. The second-order valence-corrected chi connectivity index (χ2v) is 3.52. The fourth-order valence-corrected chi connectivity index (χ4v) is 1.73. The highest BCUT2D eigenvalue weighted by Gasteiger charge is 2.14. The van der Waals surface area contributed by atoms with Gasteiger partial charge in [-0.1, -0.05) is 12.2 Å². The van der Waals surface area contributed by atoms with E-state index in [0.29, 0.717) is 0 Å². The second-order valence-electron chi connectivity index (χ2n) is 2.37. The first-order valence-corrected chi connectivity index (χ1v) is 4.24. The van der Waals surface area contributed by atoms with Crippen molar-refractivity contribution >= 4 is 29.0 Å². The molecule has 0 heterocycles. The Bertz CT molecular complexity index is 184. The quantitative estimate of drug-likeness (QED) is 0.488. The molecule has 0 aliphatic heterocycles. The first-order chi connectivity index (χ1) is 4.75. The van der Waals surface area contributed by atoms with Gasteiger partial charge in [-0.15, -0.1) is 12.6 Å². The fraction of sp³-hybridized carbons (Fsp3) is 0.571. The summed E-state index contributed by atoms with van der Waals surface area (Å²) in [6.07, 6.45) is 3.44. The Morgan fingerprint density at radius 2 is 2.30 bits per heavy atom. The highest BCUT2D eigenvalue weighted by molar-refractivity contribution is 8.11. The predicted octanol–water partition coefficient (Wildman–Crippen LogP) is 1.90. The van der Waals surface area contributed by atoms with Crippen LogP contribution in [0.2, 0.25) is 0 Å². The van der Waals surface area contributed by atoms with Crippen molar-refractivity contribution in [3.05, 3.63) is 11.3 Å². The number of allylic oxidation sites excluding steroid dienone is 1. The zero-order valence-corrected chi connectivity index (χ0v) is 7.69. The largest absolute Gasteiger partial charge is 0.391 e. The van der Waals surface area contributed by atoms with Crippen LogP contribution >= 0.6 is 24.8 Å². The van der Waals surface area contributed by atoms with Gasteiger partial charge < -0.3 is 5.32 Å². The molecule has 0 aromatic rings. The van der Waals surface area contributed by atoms with Crippen LogP contribution in [0.25, 0.3) is 0 Å². The minimum absolute atomic E-state index is 0.752. The van der Waals surface area contributed by atoms with E-state index < -0.39 is 0 Å². The molecule has 0 unspecified atom stereocenters. The van der Waals surface area contributed by atoms with Crippen LogP contribution in [0.5, 0.6) is 0 Å².